The summed E-state index contributed by atoms with van der Waals surface area (Å²) in [4.78, 5) is 4.05. The zero-order valence-electron chi connectivity index (χ0n) is 5.76. The lowest BCUT2D eigenvalue weighted by Crippen LogP contribution is -2.04. The second kappa shape index (κ2) is 2.65. The molecule has 1 aromatic rings. The molecular weight excluding hydrogens is 261 g/mol. The largest absolute Gasteiger partial charge is 0.498 e. The molecule has 0 bridgehead atoms. The first-order valence-electron chi connectivity index (χ1n) is 2.84. The summed E-state index contributed by atoms with van der Waals surface area (Å²) in [7, 11) is 0. The average molecular weight is 269 g/mol. The second-order valence-electron chi connectivity index (χ2n) is 2.48. The lowest BCUT2D eigenvalue weighted by Gasteiger charge is -2.10. The van der Waals surface area contributed by atoms with Crippen molar-refractivity contribution in [2.24, 2.45) is 0 Å². The third-order valence-corrected chi connectivity index (χ3v) is 3.00. The zero-order chi connectivity index (χ0) is 7.78. The van der Waals surface area contributed by atoms with Crippen LogP contribution in [0.25, 0.3) is 0 Å². The quantitative estimate of drug-likeness (QED) is 0.627. The summed E-state index contributed by atoms with van der Waals surface area (Å²) in [6.45, 7) is 4.12. The van der Waals surface area contributed by atoms with Crippen LogP contribution in [0.5, 0.6) is 5.06 Å². The van der Waals surface area contributed by atoms with Crippen molar-refractivity contribution in [3.05, 3.63) is 11.2 Å². The lowest BCUT2D eigenvalue weighted by atomic mass is 10.2. The zero-order valence-corrected chi connectivity index (χ0v) is 8.73. The predicted molar refractivity (Wildman–Crippen MR) is 50.8 cm³/mol. The minimum atomic E-state index is 0.0312. The van der Waals surface area contributed by atoms with Crippen molar-refractivity contribution >= 4 is 33.9 Å². The molecule has 1 aromatic heterocycles. The number of hydrogen-bond acceptors (Lipinski definition) is 3. The maximum atomic E-state index is 8.97. The number of thiazole rings is 1. The maximum absolute atomic E-state index is 8.97. The molecule has 0 aromatic carbocycles. The molecule has 1 heterocycles. The number of aromatic nitrogens is 1. The summed E-state index contributed by atoms with van der Waals surface area (Å²) in [5.41, 5.74) is 0. The van der Waals surface area contributed by atoms with Crippen molar-refractivity contribution in [2.45, 2.75) is 17.3 Å². The average Bonchev–Trinajstić information content (AvgIpc) is 2.11. The highest BCUT2D eigenvalue weighted by Crippen LogP contribution is 2.35. The van der Waals surface area contributed by atoms with Crippen LogP contribution in [0.2, 0.25) is 0 Å². The van der Waals surface area contributed by atoms with E-state index >= 15 is 0 Å². The summed E-state index contributed by atoms with van der Waals surface area (Å²) in [5, 5.41) is 10.2. The number of halogens is 1. The van der Waals surface area contributed by atoms with E-state index in [-0.39, 0.29) is 3.42 Å². The fourth-order valence-corrected chi connectivity index (χ4v) is 1.66. The molecule has 4 heteroatoms. The first kappa shape index (κ1) is 8.26. The number of alkyl halides is 1. The molecule has 0 saturated carbocycles. The van der Waals surface area contributed by atoms with E-state index in [4.69, 9.17) is 5.11 Å². The van der Waals surface area contributed by atoms with Gasteiger partial charge in [0.15, 0.2) is 5.06 Å². The van der Waals surface area contributed by atoms with Crippen LogP contribution < -0.4 is 0 Å². The number of hydrogen-bond donors (Lipinski definition) is 1. The SMILES string of the molecule is CC(C)(I)c1ncc(O)s1. The molecule has 1 rings (SSSR count). The van der Waals surface area contributed by atoms with E-state index in [1.54, 1.807) is 0 Å². The lowest BCUT2D eigenvalue weighted by molar-refractivity contribution is 0.489. The number of rotatable bonds is 1. The van der Waals surface area contributed by atoms with E-state index < -0.39 is 0 Å². The molecule has 0 unspecified atom stereocenters. The van der Waals surface area contributed by atoms with Gasteiger partial charge in [0.05, 0.1) is 9.62 Å². The Balaban J connectivity index is 2.96. The molecule has 0 fully saturated rings. The Morgan fingerprint density at radius 2 is 2.30 bits per heavy atom. The monoisotopic (exact) mass is 269 g/mol. The van der Waals surface area contributed by atoms with Gasteiger partial charge in [-0.3, -0.25) is 0 Å². The fraction of sp³-hybridized carbons (Fsp3) is 0.500. The highest BCUT2D eigenvalue weighted by atomic mass is 127. The maximum Gasteiger partial charge on any atom is 0.191 e. The molecule has 0 atom stereocenters. The van der Waals surface area contributed by atoms with Gasteiger partial charge in [0, 0.05) is 0 Å². The Kier molecular flexibility index (Phi) is 2.19. The van der Waals surface area contributed by atoms with Gasteiger partial charge >= 0.3 is 0 Å². The summed E-state index contributed by atoms with van der Waals surface area (Å²) >= 11 is 3.62. The molecule has 10 heavy (non-hydrogen) atoms. The van der Waals surface area contributed by atoms with Crippen LogP contribution in [0.1, 0.15) is 18.9 Å². The van der Waals surface area contributed by atoms with Gasteiger partial charge in [-0.05, 0) is 13.8 Å². The highest BCUT2D eigenvalue weighted by molar-refractivity contribution is 14.1. The predicted octanol–water partition coefficient (Wildman–Crippen LogP) is 2.52. The second-order valence-corrected chi connectivity index (χ2v) is 6.18. The molecule has 0 saturated heterocycles. The van der Waals surface area contributed by atoms with E-state index in [1.165, 1.54) is 17.5 Å². The van der Waals surface area contributed by atoms with E-state index in [2.05, 4.69) is 41.4 Å². The fourth-order valence-electron chi connectivity index (χ4n) is 0.540. The smallest absolute Gasteiger partial charge is 0.191 e. The van der Waals surface area contributed by atoms with Gasteiger partial charge in [-0.2, -0.15) is 0 Å². The minimum absolute atomic E-state index is 0.0312. The highest BCUT2D eigenvalue weighted by Gasteiger charge is 2.19. The summed E-state index contributed by atoms with van der Waals surface area (Å²) in [6.07, 6.45) is 1.49. The molecule has 0 radical (unpaired) electrons. The van der Waals surface area contributed by atoms with Gasteiger partial charge in [0.2, 0.25) is 0 Å². The van der Waals surface area contributed by atoms with E-state index in [0.29, 0.717) is 5.06 Å². The van der Waals surface area contributed by atoms with Crippen LogP contribution in [0.4, 0.5) is 0 Å². The molecule has 0 spiro atoms. The van der Waals surface area contributed by atoms with Crippen LogP contribution in [0, 0.1) is 0 Å². The molecule has 56 valence electrons. The van der Waals surface area contributed by atoms with E-state index in [9.17, 15) is 0 Å². The van der Waals surface area contributed by atoms with Gasteiger partial charge in [-0.1, -0.05) is 33.9 Å². The number of nitrogens with zero attached hydrogens (tertiary/aromatic N) is 1. The van der Waals surface area contributed by atoms with Crippen LogP contribution in [0.15, 0.2) is 6.20 Å². The molecule has 2 nitrogen and oxygen atoms in total. The molecule has 1 N–H and O–H groups in total. The Morgan fingerprint density at radius 3 is 2.50 bits per heavy atom. The van der Waals surface area contributed by atoms with Gasteiger partial charge in [0.25, 0.3) is 0 Å². The van der Waals surface area contributed by atoms with Crippen molar-refractivity contribution in [2.75, 3.05) is 0 Å². The van der Waals surface area contributed by atoms with E-state index in [1.807, 2.05) is 0 Å². The van der Waals surface area contributed by atoms with Crippen LogP contribution in [-0.4, -0.2) is 10.1 Å². The van der Waals surface area contributed by atoms with Crippen LogP contribution in [0.3, 0.4) is 0 Å². The van der Waals surface area contributed by atoms with Crippen molar-refractivity contribution in [1.29, 1.82) is 0 Å². The van der Waals surface area contributed by atoms with Crippen LogP contribution in [-0.2, 0) is 3.42 Å². The van der Waals surface area contributed by atoms with Crippen molar-refractivity contribution < 1.29 is 5.11 Å². The molecule has 0 aliphatic carbocycles. The first-order valence-corrected chi connectivity index (χ1v) is 4.74. The molecule has 0 aliphatic rings. The summed E-state index contributed by atoms with van der Waals surface area (Å²) in [6, 6.07) is 0. The van der Waals surface area contributed by atoms with Gasteiger partial charge in [0.1, 0.15) is 5.01 Å². The summed E-state index contributed by atoms with van der Waals surface area (Å²) < 4.78 is 0.0312. The first-order chi connectivity index (χ1) is 4.50. The van der Waals surface area contributed by atoms with Crippen molar-refractivity contribution in [3.8, 4) is 5.06 Å². The third-order valence-electron chi connectivity index (χ3n) is 1.00. The minimum Gasteiger partial charge on any atom is -0.498 e. The van der Waals surface area contributed by atoms with Crippen LogP contribution >= 0.6 is 33.9 Å². The third kappa shape index (κ3) is 1.82. The van der Waals surface area contributed by atoms with Gasteiger partial charge < -0.3 is 5.11 Å². The summed E-state index contributed by atoms with van der Waals surface area (Å²) in [5.74, 6) is 0. The normalized spacial score (nSPS) is 11.9. The Labute approximate surface area is 77.4 Å². The number of aromatic hydroxyl groups is 1. The van der Waals surface area contributed by atoms with Gasteiger partial charge in [-0.15, -0.1) is 0 Å². The van der Waals surface area contributed by atoms with Crippen molar-refractivity contribution in [1.82, 2.24) is 4.98 Å². The Bertz CT molecular complexity index is 228. The van der Waals surface area contributed by atoms with E-state index in [0.717, 1.165) is 5.01 Å². The Morgan fingerprint density at radius 1 is 1.70 bits per heavy atom. The standard InChI is InChI=1S/C6H8INOS/c1-6(2,7)5-8-3-4(9)10-5/h3,9H,1-2H3. The molecule has 0 aliphatic heterocycles. The Hall–Kier alpha value is 0.160. The molecule has 0 amide bonds. The van der Waals surface area contributed by atoms with Gasteiger partial charge in [-0.25, -0.2) is 4.98 Å². The van der Waals surface area contributed by atoms with Crippen molar-refractivity contribution in [3.63, 3.8) is 0 Å². The topological polar surface area (TPSA) is 33.1 Å². The molecular formula is C6H8INOS.